The average Bonchev–Trinajstić information content (AvgIpc) is 2.38. The Morgan fingerprint density at radius 2 is 1.95 bits per heavy atom. The highest BCUT2D eigenvalue weighted by Crippen LogP contribution is 2.24. The van der Waals surface area contributed by atoms with E-state index in [9.17, 15) is 22.4 Å². The number of carbonyl (C=O) groups is 1. The number of rotatable bonds is 6. The van der Waals surface area contributed by atoms with E-state index in [0.29, 0.717) is 11.3 Å². The van der Waals surface area contributed by atoms with Crippen LogP contribution >= 0.6 is 0 Å². The number of carbonyl (C=O) groups excluding carboxylic acids is 1. The quantitative estimate of drug-likeness (QED) is 0.819. The molecule has 0 heterocycles. The van der Waals surface area contributed by atoms with Crippen molar-refractivity contribution in [1.82, 2.24) is 5.32 Å². The Bertz CT molecular complexity index is 465. The number of halogens is 4. The molecule has 1 N–H and O–H groups in total. The van der Waals surface area contributed by atoms with Gasteiger partial charge in [0, 0.05) is 6.04 Å². The summed E-state index contributed by atoms with van der Waals surface area (Å²) < 4.78 is 54.7. The van der Waals surface area contributed by atoms with Crippen LogP contribution in [0.15, 0.2) is 24.3 Å². The smallest absolute Gasteiger partial charge is 0.383 e. The van der Waals surface area contributed by atoms with Gasteiger partial charge in [0.15, 0.2) is 0 Å². The van der Waals surface area contributed by atoms with Gasteiger partial charge in [-0.2, -0.15) is 8.78 Å². The van der Waals surface area contributed by atoms with Crippen molar-refractivity contribution in [3.8, 4) is 5.75 Å². The Morgan fingerprint density at radius 3 is 2.50 bits per heavy atom. The van der Waals surface area contributed by atoms with Gasteiger partial charge in [-0.05, 0) is 25.0 Å². The van der Waals surface area contributed by atoms with E-state index < -0.39 is 24.3 Å². The monoisotopic (exact) mass is 293 g/mol. The minimum absolute atomic E-state index is 0.190. The van der Waals surface area contributed by atoms with Gasteiger partial charge in [0.25, 0.3) is 5.91 Å². The summed E-state index contributed by atoms with van der Waals surface area (Å²) in [5, 5.41) is 1.88. The van der Waals surface area contributed by atoms with Crippen molar-refractivity contribution < 1.29 is 27.1 Å². The molecule has 1 aromatic carbocycles. The van der Waals surface area contributed by atoms with Crippen LogP contribution in [-0.4, -0.2) is 31.4 Å². The van der Waals surface area contributed by atoms with E-state index in [1.807, 2.05) is 5.32 Å². The molecule has 0 saturated heterocycles. The summed E-state index contributed by atoms with van der Waals surface area (Å²) in [6.07, 6.45) is -3.84. The third-order valence-electron chi connectivity index (χ3n) is 2.67. The molecule has 1 atom stereocenters. The zero-order chi connectivity index (χ0) is 15.3. The van der Waals surface area contributed by atoms with Gasteiger partial charge < -0.3 is 10.1 Å². The van der Waals surface area contributed by atoms with Crippen molar-refractivity contribution in [1.29, 1.82) is 0 Å². The molecule has 112 valence electrons. The van der Waals surface area contributed by atoms with Crippen molar-refractivity contribution in [2.45, 2.75) is 31.7 Å². The lowest BCUT2D eigenvalue weighted by atomic mass is 10.1. The van der Waals surface area contributed by atoms with Crippen molar-refractivity contribution in [2.24, 2.45) is 0 Å². The van der Waals surface area contributed by atoms with Crippen LogP contribution in [0.3, 0.4) is 0 Å². The summed E-state index contributed by atoms with van der Waals surface area (Å²) in [5.74, 6) is -6.13. The molecule has 0 aliphatic rings. The molecular formula is C13H15F4NO2. The van der Waals surface area contributed by atoms with Crippen LogP contribution in [0, 0.1) is 0 Å². The molecule has 0 aliphatic carbocycles. The van der Waals surface area contributed by atoms with Crippen LogP contribution in [0.4, 0.5) is 17.6 Å². The van der Waals surface area contributed by atoms with E-state index in [1.165, 1.54) is 14.0 Å². The highest BCUT2D eigenvalue weighted by atomic mass is 19.3. The number of para-hydroxylation sites is 1. The SMILES string of the molecule is COc1ccccc1CC(C)NC(=O)C(F)(F)C(F)F. The molecule has 3 nitrogen and oxygen atoms in total. The summed E-state index contributed by atoms with van der Waals surface area (Å²) in [6.45, 7) is 1.45. The standard InChI is InChI=1S/C13H15F4NO2/c1-8(18-12(19)13(16,17)11(14)15)7-9-5-3-4-6-10(9)20-2/h3-6,8,11H,7H2,1-2H3,(H,18,19). The Balaban J connectivity index is 2.69. The summed E-state index contributed by atoms with van der Waals surface area (Å²) >= 11 is 0. The normalized spacial score (nSPS) is 13.2. The van der Waals surface area contributed by atoms with Crippen molar-refractivity contribution in [2.75, 3.05) is 7.11 Å². The Hall–Kier alpha value is -1.79. The molecule has 0 fully saturated rings. The maximum absolute atomic E-state index is 12.8. The van der Waals surface area contributed by atoms with Gasteiger partial charge in [0.2, 0.25) is 0 Å². The molecule has 0 aliphatic heterocycles. The van der Waals surface area contributed by atoms with Crippen LogP contribution in [0.2, 0.25) is 0 Å². The Kier molecular flexibility index (Phi) is 5.35. The van der Waals surface area contributed by atoms with E-state index in [1.54, 1.807) is 24.3 Å². The maximum atomic E-state index is 12.8. The molecule has 1 unspecified atom stereocenters. The minimum Gasteiger partial charge on any atom is -0.496 e. The topological polar surface area (TPSA) is 38.3 Å². The first kappa shape index (κ1) is 16.3. The number of alkyl halides is 4. The van der Waals surface area contributed by atoms with Gasteiger partial charge in [0.05, 0.1) is 7.11 Å². The van der Waals surface area contributed by atoms with Crippen LogP contribution in [0.5, 0.6) is 5.75 Å². The predicted octanol–water partition coefficient (Wildman–Crippen LogP) is 2.64. The molecule has 1 amide bonds. The summed E-state index contributed by atoms with van der Waals surface area (Å²) in [4.78, 5) is 11.1. The molecule has 0 aromatic heterocycles. The number of nitrogens with one attached hydrogen (secondary N) is 1. The number of benzene rings is 1. The van der Waals surface area contributed by atoms with Gasteiger partial charge in [0.1, 0.15) is 5.75 Å². The summed E-state index contributed by atoms with van der Waals surface area (Å²) in [6, 6.07) is 6.10. The number of hydrogen-bond donors (Lipinski definition) is 1. The lowest BCUT2D eigenvalue weighted by Gasteiger charge is -2.20. The molecular weight excluding hydrogens is 278 g/mol. The van der Waals surface area contributed by atoms with E-state index in [-0.39, 0.29) is 6.42 Å². The zero-order valence-electron chi connectivity index (χ0n) is 11.0. The lowest BCUT2D eigenvalue weighted by Crippen LogP contribution is -2.48. The average molecular weight is 293 g/mol. The predicted molar refractivity (Wildman–Crippen MR) is 65.3 cm³/mol. The van der Waals surface area contributed by atoms with Crippen molar-refractivity contribution >= 4 is 5.91 Å². The van der Waals surface area contributed by atoms with Crippen molar-refractivity contribution in [3.63, 3.8) is 0 Å². The number of ether oxygens (including phenoxy) is 1. The largest absolute Gasteiger partial charge is 0.496 e. The van der Waals surface area contributed by atoms with Gasteiger partial charge in [-0.1, -0.05) is 18.2 Å². The third kappa shape index (κ3) is 3.85. The minimum atomic E-state index is -4.69. The molecule has 1 aromatic rings. The first-order chi connectivity index (χ1) is 9.28. The Morgan fingerprint density at radius 1 is 1.35 bits per heavy atom. The second-order valence-electron chi connectivity index (χ2n) is 4.31. The number of hydrogen-bond acceptors (Lipinski definition) is 2. The molecule has 20 heavy (non-hydrogen) atoms. The zero-order valence-corrected chi connectivity index (χ0v) is 11.0. The van der Waals surface area contributed by atoms with Gasteiger partial charge in [-0.15, -0.1) is 0 Å². The fraction of sp³-hybridized carbons (Fsp3) is 0.462. The first-order valence-electron chi connectivity index (χ1n) is 5.87. The van der Waals surface area contributed by atoms with Gasteiger partial charge in [-0.3, -0.25) is 4.79 Å². The second kappa shape index (κ2) is 6.58. The first-order valence-corrected chi connectivity index (χ1v) is 5.87. The summed E-state index contributed by atoms with van der Waals surface area (Å²) in [7, 11) is 1.45. The van der Waals surface area contributed by atoms with Crippen LogP contribution in [-0.2, 0) is 11.2 Å². The highest BCUT2D eigenvalue weighted by molar-refractivity contribution is 5.84. The Labute approximate surface area is 113 Å². The molecule has 0 radical (unpaired) electrons. The molecule has 0 saturated carbocycles. The second-order valence-corrected chi connectivity index (χ2v) is 4.31. The third-order valence-corrected chi connectivity index (χ3v) is 2.67. The molecule has 0 bridgehead atoms. The van der Waals surface area contributed by atoms with E-state index >= 15 is 0 Å². The highest BCUT2D eigenvalue weighted by Gasteiger charge is 2.49. The van der Waals surface area contributed by atoms with Gasteiger partial charge >= 0.3 is 12.3 Å². The van der Waals surface area contributed by atoms with Crippen molar-refractivity contribution in [3.05, 3.63) is 29.8 Å². The van der Waals surface area contributed by atoms with Crippen LogP contribution in [0.25, 0.3) is 0 Å². The number of amides is 1. The fourth-order valence-corrected chi connectivity index (χ4v) is 1.67. The number of methoxy groups -OCH3 is 1. The van der Waals surface area contributed by atoms with E-state index in [2.05, 4.69) is 0 Å². The fourth-order valence-electron chi connectivity index (χ4n) is 1.67. The summed E-state index contributed by atoms with van der Waals surface area (Å²) in [5.41, 5.74) is 0.683. The lowest BCUT2D eigenvalue weighted by molar-refractivity contribution is -0.170. The molecule has 7 heteroatoms. The maximum Gasteiger partial charge on any atom is 0.383 e. The van der Waals surface area contributed by atoms with E-state index in [4.69, 9.17) is 4.74 Å². The molecule has 1 rings (SSSR count). The van der Waals surface area contributed by atoms with Gasteiger partial charge in [-0.25, -0.2) is 8.78 Å². The van der Waals surface area contributed by atoms with E-state index in [0.717, 1.165) is 0 Å². The van der Waals surface area contributed by atoms with Crippen LogP contribution in [0.1, 0.15) is 12.5 Å². The van der Waals surface area contributed by atoms with Crippen LogP contribution < -0.4 is 10.1 Å². The molecule has 0 spiro atoms.